The Bertz CT molecular complexity index is 386. The highest BCUT2D eigenvalue weighted by Gasteiger charge is 2.67. The molecule has 0 aliphatic rings. The van der Waals surface area contributed by atoms with Crippen LogP contribution in [0, 0.1) is 6.92 Å². The molecule has 14 heavy (non-hydrogen) atoms. The van der Waals surface area contributed by atoms with Crippen LogP contribution in [0.3, 0.4) is 0 Å². The van der Waals surface area contributed by atoms with E-state index in [0.29, 0.717) is 0 Å². The molecule has 8 heteroatoms. The molecule has 0 saturated carbocycles. The molecule has 82 valence electrons. The quantitative estimate of drug-likeness (QED) is 0.661. The van der Waals surface area contributed by atoms with E-state index in [9.17, 15) is 19.4 Å². The molecule has 0 spiro atoms. The predicted octanol–water partition coefficient (Wildman–Crippen LogP) is 4.70. The fourth-order valence-electron chi connectivity index (χ4n) is 0.736. The van der Waals surface area contributed by atoms with Gasteiger partial charge in [0.25, 0.3) is 0 Å². The van der Waals surface area contributed by atoms with Gasteiger partial charge in [0.1, 0.15) is 0 Å². The number of rotatable bonds is 1. The first kappa shape index (κ1) is 11.5. The third-order valence-electron chi connectivity index (χ3n) is 1.39. The van der Waals surface area contributed by atoms with Crippen molar-refractivity contribution in [1.29, 1.82) is 0 Å². The summed E-state index contributed by atoms with van der Waals surface area (Å²) >= 11 is 5.36. The van der Waals surface area contributed by atoms with Gasteiger partial charge >= 0.3 is 10.2 Å². The number of halogens is 6. The number of pyridine rings is 1. The first-order chi connectivity index (χ1) is 5.90. The Kier molecular flexibility index (Phi) is 1.92. The summed E-state index contributed by atoms with van der Waals surface area (Å²) in [6, 6.07) is 0.925. The van der Waals surface area contributed by atoms with E-state index in [2.05, 4.69) is 4.98 Å². The van der Waals surface area contributed by atoms with Crippen molar-refractivity contribution in [1.82, 2.24) is 4.98 Å². The minimum absolute atomic E-state index is 0.0874. The Balaban J connectivity index is 3.45. The van der Waals surface area contributed by atoms with Gasteiger partial charge in [-0.1, -0.05) is 31.0 Å². The molecule has 0 amide bonds. The van der Waals surface area contributed by atoms with Crippen LogP contribution in [0.25, 0.3) is 0 Å². The van der Waals surface area contributed by atoms with E-state index < -0.39 is 15.3 Å². The van der Waals surface area contributed by atoms with Gasteiger partial charge in [0, 0.05) is 0 Å². The summed E-state index contributed by atoms with van der Waals surface area (Å²) in [5.74, 6) is 0. The SMILES string of the molecule is Cc1nc(S(F)(F)(F)(F)F)ccc1Cl. The highest BCUT2D eigenvalue weighted by atomic mass is 35.5. The summed E-state index contributed by atoms with van der Waals surface area (Å²) in [6.45, 7) is 1.12. The summed E-state index contributed by atoms with van der Waals surface area (Å²) in [6.07, 6.45) is 0. The predicted molar refractivity (Wildman–Crippen MR) is 45.4 cm³/mol. The zero-order valence-electron chi connectivity index (χ0n) is 6.78. The molecule has 0 saturated heterocycles. The van der Waals surface area contributed by atoms with Crippen molar-refractivity contribution in [3.8, 4) is 0 Å². The molecule has 1 heterocycles. The van der Waals surface area contributed by atoms with E-state index in [4.69, 9.17) is 11.6 Å². The molecule has 1 nitrogen and oxygen atoms in total. The van der Waals surface area contributed by atoms with Crippen LogP contribution in [0.1, 0.15) is 5.69 Å². The van der Waals surface area contributed by atoms with Gasteiger partial charge in [-0.3, -0.25) is 0 Å². The summed E-state index contributed by atoms with van der Waals surface area (Å²) in [5, 5.41) is -2.25. The van der Waals surface area contributed by atoms with Gasteiger partial charge in [-0.15, -0.1) is 0 Å². The van der Waals surface area contributed by atoms with E-state index in [1.54, 1.807) is 0 Å². The Hall–Kier alpha value is -0.560. The Morgan fingerprint density at radius 2 is 1.64 bits per heavy atom. The van der Waals surface area contributed by atoms with Crippen LogP contribution in [-0.4, -0.2) is 4.98 Å². The topological polar surface area (TPSA) is 12.9 Å². The van der Waals surface area contributed by atoms with Crippen LogP contribution in [0.4, 0.5) is 19.4 Å². The Labute approximate surface area is 81.6 Å². The highest BCUT2D eigenvalue weighted by molar-refractivity contribution is 8.45. The maximum Gasteiger partial charge on any atom is 0.325 e. The Morgan fingerprint density at radius 3 is 2.00 bits per heavy atom. The molecule has 0 aromatic carbocycles. The molecule has 1 aromatic heterocycles. The van der Waals surface area contributed by atoms with Gasteiger partial charge < -0.3 is 0 Å². The zero-order valence-corrected chi connectivity index (χ0v) is 8.35. The molecule has 0 bridgehead atoms. The van der Waals surface area contributed by atoms with E-state index in [-0.39, 0.29) is 16.8 Å². The molecule has 0 unspecified atom stereocenters. The molecule has 0 radical (unpaired) electrons. The minimum atomic E-state index is -9.66. The van der Waals surface area contributed by atoms with Gasteiger partial charge in [-0.05, 0) is 19.1 Å². The van der Waals surface area contributed by atoms with Crippen LogP contribution in [0.5, 0.6) is 0 Å². The molecular formula is C6H5ClF5NS. The third-order valence-corrected chi connectivity index (χ3v) is 2.81. The molecule has 0 fully saturated rings. The lowest BCUT2D eigenvalue weighted by atomic mass is 10.4. The van der Waals surface area contributed by atoms with Crippen molar-refractivity contribution in [3.63, 3.8) is 0 Å². The van der Waals surface area contributed by atoms with Crippen LogP contribution in [0.2, 0.25) is 5.02 Å². The third kappa shape index (κ3) is 2.48. The lowest BCUT2D eigenvalue weighted by molar-refractivity contribution is 0.358. The molecule has 1 rings (SSSR count). The number of hydrogen-bond donors (Lipinski definition) is 0. The van der Waals surface area contributed by atoms with Gasteiger partial charge in [0.05, 0.1) is 10.7 Å². The molecule has 0 aliphatic carbocycles. The maximum atomic E-state index is 12.2. The van der Waals surface area contributed by atoms with Gasteiger partial charge in [-0.2, -0.15) is 0 Å². The van der Waals surface area contributed by atoms with E-state index >= 15 is 0 Å². The average Bonchev–Trinajstić information content (AvgIpc) is 1.89. The minimum Gasteiger partial charge on any atom is -0.236 e. The van der Waals surface area contributed by atoms with Crippen molar-refractivity contribution in [3.05, 3.63) is 22.8 Å². The van der Waals surface area contributed by atoms with Gasteiger partial charge in [-0.25, -0.2) is 4.98 Å². The fourth-order valence-corrected chi connectivity index (χ4v) is 1.48. The number of nitrogens with zero attached hydrogens (tertiary/aromatic N) is 1. The van der Waals surface area contributed by atoms with Crippen LogP contribution in [-0.2, 0) is 0 Å². The summed E-state index contributed by atoms with van der Waals surface area (Å²) in [4.78, 5) is 2.73. The molecule has 1 aromatic rings. The standard InChI is InChI=1S/C6H5ClF5NS/c1-4-5(7)2-3-6(13-4)14(8,9,10,11)12/h2-3H,1H3. The number of aryl methyl sites for hydroxylation is 1. The van der Waals surface area contributed by atoms with Gasteiger partial charge in [0.2, 0.25) is 0 Å². The number of hydrogen-bond acceptors (Lipinski definition) is 1. The largest absolute Gasteiger partial charge is 0.325 e. The lowest BCUT2D eigenvalue weighted by Crippen LogP contribution is -2.09. The van der Waals surface area contributed by atoms with Crippen molar-refractivity contribution >= 4 is 21.8 Å². The number of aromatic nitrogens is 1. The smallest absolute Gasteiger partial charge is 0.236 e. The van der Waals surface area contributed by atoms with E-state index in [0.717, 1.165) is 13.0 Å². The van der Waals surface area contributed by atoms with Crippen molar-refractivity contribution in [2.75, 3.05) is 0 Å². The highest BCUT2D eigenvalue weighted by Crippen LogP contribution is 3.01. The van der Waals surface area contributed by atoms with Crippen molar-refractivity contribution in [2.45, 2.75) is 11.9 Å². The van der Waals surface area contributed by atoms with Crippen LogP contribution in [0.15, 0.2) is 17.2 Å². The van der Waals surface area contributed by atoms with Crippen molar-refractivity contribution in [2.24, 2.45) is 0 Å². The monoisotopic (exact) mass is 253 g/mol. The summed E-state index contributed by atoms with van der Waals surface area (Å²) < 4.78 is 60.8. The summed E-state index contributed by atoms with van der Waals surface area (Å²) in [5.41, 5.74) is -0.280. The molecular weight excluding hydrogens is 249 g/mol. The van der Waals surface area contributed by atoms with Crippen molar-refractivity contribution < 1.29 is 19.4 Å². The van der Waals surface area contributed by atoms with E-state index in [1.165, 1.54) is 0 Å². The van der Waals surface area contributed by atoms with Gasteiger partial charge in [0.15, 0.2) is 5.03 Å². The molecule has 0 atom stereocenters. The second-order valence-electron chi connectivity index (χ2n) is 2.69. The first-order valence-corrected chi connectivity index (χ1v) is 5.60. The fraction of sp³-hybridized carbons (Fsp3) is 0.167. The average molecular weight is 254 g/mol. The molecule has 0 aliphatic heterocycles. The second-order valence-corrected chi connectivity index (χ2v) is 5.45. The summed E-state index contributed by atoms with van der Waals surface area (Å²) in [7, 11) is -9.66. The zero-order chi connectivity index (χ0) is 11.3. The van der Waals surface area contributed by atoms with Crippen LogP contribution >= 0.6 is 21.8 Å². The molecule has 0 N–H and O–H groups in total. The second kappa shape index (κ2) is 2.33. The van der Waals surface area contributed by atoms with Crippen LogP contribution < -0.4 is 0 Å². The van der Waals surface area contributed by atoms with E-state index in [1.807, 2.05) is 0 Å². The first-order valence-electron chi connectivity index (χ1n) is 3.27. The Morgan fingerprint density at radius 1 is 1.14 bits per heavy atom. The lowest BCUT2D eigenvalue weighted by Gasteiger charge is -2.39. The maximum absolute atomic E-state index is 12.2. The normalized spacial score (nSPS) is 17.4.